The van der Waals surface area contributed by atoms with Crippen LogP contribution in [0.25, 0.3) is 44.9 Å². The smallest absolute Gasteiger partial charge is 0.190 e. The number of fused-ring (bicyclic) bond motifs is 6. The maximum atomic E-state index is 14.6. The van der Waals surface area contributed by atoms with Gasteiger partial charge in [-0.1, -0.05) is 109 Å². The zero-order valence-corrected chi connectivity index (χ0v) is 22.7. The Morgan fingerprint density at radius 2 is 1.40 bits per heavy atom. The highest BCUT2D eigenvalue weighted by atomic mass is 16.1. The minimum Gasteiger partial charge on any atom is -0.326 e. The second-order valence-electron chi connectivity index (χ2n) is 11.4. The first kappa shape index (κ1) is 23.4. The second-order valence-corrected chi connectivity index (χ2v) is 11.4. The molecular weight excluding hydrogens is 514 g/mol. The maximum absolute atomic E-state index is 14.6. The maximum Gasteiger partial charge on any atom is 0.190 e. The van der Waals surface area contributed by atoms with Crippen molar-refractivity contribution < 1.29 is 4.79 Å². The van der Waals surface area contributed by atoms with Gasteiger partial charge in [0, 0.05) is 33.7 Å². The molecule has 4 nitrogen and oxygen atoms in total. The molecule has 1 spiro atoms. The van der Waals surface area contributed by atoms with E-state index in [0.717, 1.165) is 56.6 Å². The Morgan fingerprint density at radius 1 is 0.690 bits per heavy atom. The normalized spacial score (nSPS) is 20.7. The van der Waals surface area contributed by atoms with Gasteiger partial charge in [0.15, 0.2) is 11.6 Å². The fourth-order valence-corrected chi connectivity index (χ4v) is 7.12. The van der Waals surface area contributed by atoms with Crippen LogP contribution in [0, 0.1) is 0 Å². The molecule has 0 radical (unpaired) electrons. The topological polar surface area (TPSA) is 46.1 Å². The van der Waals surface area contributed by atoms with Gasteiger partial charge in [-0.05, 0) is 47.4 Å². The fourth-order valence-electron chi connectivity index (χ4n) is 7.12. The third-order valence-corrected chi connectivity index (χ3v) is 9.10. The Bertz CT molecular complexity index is 2100. The van der Waals surface area contributed by atoms with E-state index in [1.807, 2.05) is 48.5 Å². The number of anilines is 2. The molecule has 9 rings (SSSR count). The largest absolute Gasteiger partial charge is 0.326 e. The highest BCUT2D eigenvalue weighted by molar-refractivity contribution is 6.36. The number of carbonyl (C=O) groups excluding carboxylic acids is 1. The molecule has 0 amide bonds. The quantitative estimate of drug-likeness (QED) is 0.212. The molecule has 1 fully saturated rings. The predicted molar refractivity (Wildman–Crippen MR) is 168 cm³/mol. The van der Waals surface area contributed by atoms with Crippen molar-refractivity contribution in [2.45, 2.75) is 17.9 Å². The first-order valence-electron chi connectivity index (χ1n) is 14.4. The average Bonchev–Trinajstić information content (AvgIpc) is 3.72. The molecular formula is C38H25N3O. The molecule has 5 aromatic carbocycles. The van der Waals surface area contributed by atoms with Crippen LogP contribution in [0.3, 0.4) is 0 Å². The average molecular weight is 540 g/mol. The monoisotopic (exact) mass is 539 g/mol. The Balaban J connectivity index is 1.28. The lowest BCUT2D eigenvalue weighted by Crippen LogP contribution is -2.43. The van der Waals surface area contributed by atoms with E-state index >= 15 is 0 Å². The van der Waals surface area contributed by atoms with Gasteiger partial charge >= 0.3 is 0 Å². The number of Topliss-reactive ketones (excluding diaryl/α,β-unsaturated/α-hetero) is 1. The number of aromatic nitrogens is 2. The van der Waals surface area contributed by atoms with Gasteiger partial charge in [0.1, 0.15) is 5.54 Å². The molecule has 42 heavy (non-hydrogen) atoms. The second kappa shape index (κ2) is 8.58. The first-order valence-corrected chi connectivity index (χ1v) is 14.4. The van der Waals surface area contributed by atoms with Crippen LogP contribution in [-0.4, -0.2) is 21.3 Å². The fraction of sp³-hybridized carbons (Fsp3) is 0.0789. The summed E-state index contributed by atoms with van der Waals surface area (Å²) in [6.07, 6.45) is 2.75. The number of rotatable bonds is 3. The number of para-hydroxylation sites is 2. The Kier molecular flexibility index (Phi) is 4.77. The molecule has 3 aliphatic rings. The molecule has 198 valence electrons. The zero-order chi connectivity index (χ0) is 27.8. The van der Waals surface area contributed by atoms with Crippen molar-refractivity contribution >= 4 is 39.7 Å². The van der Waals surface area contributed by atoms with E-state index in [4.69, 9.17) is 9.97 Å². The predicted octanol–water partition coefficient (Wildman–Crippen LogP) is 8.46. The summed E-state index contributed by atoms with van der Waals surface area (Å²) in [7, 11) is 0. The van der Waals surface area contributed by atoms with Crippen molar-refractivity contribution in [3.8, 4) is 22.4 Å². The molecule has 0 saturated heterocycles. The molecule has 2 aliphatic heterocycles. The number of ketones is 1. The van der Waals surface area contributed by atoms with Crippen LogP contribution in [0.2, 0.25) is 0 Å². The van der Waals surface area contributed by atoms with Crippen LogP contribution >= 0.6 is 0 Å². The van der Waals surface area contributed by atoms with Gasteiger partial charge in [-0.15, -0.1) is 0 Å². The Labute approximate surface area is 243 Å². The van der Waals surface area contributed by atoms with Gasteiger partial charge < -0.3 is 4.90 Å². The van der Waals surface area contributed by atoms with Crippen LogP contribution in [0.4, 0.5) is 11.4 Å². The van der Waals surface area contributed by atoms with Gasteiger partial charge in [-0.2, -0.15) is 0 Å². The van der Waals surface area contributed by atoms with E-state index in [9.17, 15) is 4.79 Å². The van der Waals surface area contributed by atoms with Crippen molar-refractivity contribution in [1.29, 1.82) is 0 Å². The van der Waals surface area contributed by atoms with Crippen LogP contribution in [0.15, 0.2) is 127 Å². The number of carbonyl (C=O) groups is 1. The SMILES string of the molecule is O=C1/C(=C\c2nc(-c3ccccc3)c3ccccc3n2)c2ccc(-c3ccccc3)cc2N2c3ccccc3C3CC132. The molecule has 1 aliphatic carbocycles. The summed E-state index contributed by atoms with van der Waals surface area (Å²) < 4.78 is 0. The standard InChI is InChI=1S/C38H25N3O/c42-37-30(22-35-39-32-17-9-7-16-29(32)36(40-35)25-13-5-2-6-14-25)27-20-19-26(24-11-3-1-4-12-24)21-34(27)41-33-18-10-8-15-28(33)31-23-38(31,37)41/h1-22,31H,23H2/b30-22-. The minimum atomic E-state index is -0.586. The number of hydrogen-bond donors (Lipinski definition) is 0. The Morgan fingerprint density at radius 3 is 2.24 bits per heavy atom. The molecule has 1 aromatic heterocycles. The van der Waals surface area contributed by atoms with Gasteiger partial charge in [0.05, 0.1) is 16.9 Å². The summed E-state index contributed by atoms with van der Waals surface area (Å²) in [5.41, 5.74) is 9.53. The molecule has 1 saturated carbocycles. The van der Waals surface area contributed by atoms with Crippen LogP contribution < -0.4 is 4.90 Å². The van der Waals surface area contributed by atoms with Crippen molar-refractivity contribution in [3.63, 3.8) is 0 Å². The lowest BCUT2D eigenvalue weighted by molar-refractivity contribution is -0.115. The molecule has 0 N–H and O–H groups in total. The third kappa shape index (κ3) is 3.20. The third-order valence-electron chi connectivity index (χ3n) is 9.10. The lowest BCUT2D eigenvalue weighted by atomic mass is 9.85. The van der Waals surface area contributed by atoms with Crippen LogP contribution in [0.1, 0.15) is 29.3 Å². The van der Waals surface area contributed by atoms with E-state index < -0.39 is 5.54 Å². The molecule has 3 heterocycles. The summed E-state index contributed by atoms with van der Waals surface area (Å²) >= 11 is 0. The van der Waals surface area contributed by atoms with Crippen LogP contribution in [0.5, 0.6) is 0 Å². The van der Waals surface area contributed by atoms with Crippen molar-refractivity contribution in [2.24, 2.45) is 0 Å². The zero-order valence-electron chi connectivity index (χ0n) is 22.7. The van der Waals surface area contributed by atoms with E-state index in [-0.39, 0.29) is 11.7 Å². The molecule has 2 atom stereocenters. The minimum absolute atomic E-state index is 0.154. The van der Waals surface area contributed by atoms with Gasteiger partial charge in [-0.3, -0.25) is 4.79 Å². The molecule has 0 bridgehead atoms. The van der Waals surface area contributed by atoms with E-state index in [1.165, 1.54) is 5.56 Å². The first-order chi connectivity index (χ1) is 20.7. The highest BCUT2D eigenvalue weighted by Crippen LogP contribution is 2.70. The number of nitrogens with zero attached hydrogens (tertiary/aromatic N) is 3. The summed E-state index contributed by atoms with van der Waals surface area (Å²) in [4.78, 5) is 26.9. The van der Waals surface area contributed by atoms with Gasteiger partial charge in [0.25, 0.3) is 0 Å². The van der Waals surface area contributed by atoms with Crippen LogP contribution in [-0.2, 0) is 4.79 Å². The van der Waals surface area contributed by atoms with Gasteiger partial charge in [0.2, 0.25) is 0 Å². The van der Waals surface area contributed by atoms with E-state index in [1.54, 1.807) is 0 Å². The van der Waals surface area contributed by atoms with Gasteiger partial charge in [-0.25, -0.2) is 9.97 Å². The molecule has 4 heteroatoms. The molecule has 6 aromatic rings. The lowest BCUT2D eigenvalue weighted by Gasteiger charge is -2.37. The van der Waals surface area contributed by atoms with Crippen molar-refractivity contribution in [1.82, 2.24) is 9.97 Å². The summed E-state index contributed by atoms with van der Waals surface area (Å²) in [5, 5.41) is 0.993. The van der Waals surface area contributed by atoms with E-state index in [2.05, 4.69) is 89.8 Å². The number of benzene rings is 5. The summed E-state index contributed by atoms with van der Waals surface area (Å²) in [6.45, 7) is 0. The van der Waals surface area contributed by atoms with Crippen molar-refractivity contribution in [2.75, 3.05) is 4.90 Å². The van der Waals surface area contributed by atoms with E-state index in [0.29, 0.717) is 11.4 Å². The molecule has 2 unspecified atom stereocenters. The Hall–Kier alpha value is -5.35. The summed E-state index contributed by atoms with van der Waals surface area (Å²) in [5.74, 6) is 0.892. The van der Waals surface area contributed by atoms with Crippen molar-refractivity contribution in [3.05, 3.63) is 144 Å². The summed E-state index contributed by atoms with van der Waals surface area (Å²) in [6, 6.07) is 43.7. The highest BCUT2D eigenvalue weighted by Gasteiger charge is 2.71. The number of hydrogen-bond acceptors (Lipinski definition) is 4.